The van der Waals surface area contributed by atoms with Crippen LogP contribution in [0.2, 0.25) is 0 Å². The quantitative estimate of drug-likeness (QED) is 0.723. The van der Waals surface area contributed by atoms with Crippen LogP contribution in [0, 0.1) is 0 Å². The number of rotatable bonds is 6. The van der Waals surface area contributed by atoms with Crippen LogP contribution in [0.25, 0.3) is 0 Å². The highest BCUT2D eigenvalue weighted by Crippen LogP contribution is 2.27. The van der Waals surface area contributed by atoms with Crippen LogP contribution in [-0.4, -0.2) is 13.1 Å². The molecule has 18 heavy (non-hydrogen) atoms. The predicted octanol–water partition coefficient (Wildman–Crippen LogP) is 3.29. The number of carbonyl (C=O) groups excluding carboxylic acids is 1. The van der Waals surface area contributed by atoms with Crippen molar-refractivity contribution in [3.8, 4) is 0 Å². The van der Waals surface area contributed by atoms with Crippen LogP contribution in [-0.2, 0) is 9.53 Å². The molecule has 0 spiro atoms. The fourth-order valence-electron chi connectivity index (χ4n) is 2.11. The van der Waals surface area contributed by atoms with Gasteiger partial charge in [-0.25, -0.2) is 4.79 Å². The fourth-order valence-corrected chi connectivity index (χ4v) is 2.11. The molecule has 0 amide bonds. The second kappa shape index (κ2) is 6.60. The molecule has 0 aliphatic rings. The van der Waals surface area contributed by atoms with Crippen molar-refractivity contribution in [1.82, 2.24) is 0 Å². The molecule has 2 aromatic rings. The average Bonchev–Trinajstić information content (AvgIpc) is 2.46. The summed E-state index contributed by atoms with van der Waals surface area (Å²) >= 11 is 0. The first-order valence-corrected chi connectivity index (χ1v) is 6.00. The second-order valence-electron chi connectivity index (χ2n) is 4.09. The number of hydrogen-bond donors (Lipinski definition) is 0. The normalized spacial score (nSPS) is 10.3. The van der Waals surface area contributed by atoms with E-state index in [0.29, 0.717) is 6.61 Å². The first kappa shape index (κ1) is 12.4. The Morgan fingerprint density at radius 2 is 1.39 bits per heavy atom. The van der Waals surface area contributed by atoms with Crippen molar-refractivity contribution in [3.05, 3.63) is 71.8 Å². The van der Waals surface area contributed by atoms with E-state index in [-0.39, 0.29) is 5.92 Å². The van der Waals surface area contributed by atoms with Crippen molar-refractivity contribution in [2.24, 2.45) is 0 Å². The summed E-state index contributed by atoms with van der Waals surface area (Å²) in [6.45, 7) is 1.86. The molecule has 0 aromatic heterocycles. The first-order valence-electron chi connectivity index (χ1n) is 6.00. The molecule has 0 heterocycles. The van der Waals surface area contributed by atoms with Crippen LogP contribution in [0.5, 0.6) is 0 Å². The van der Waals surface area contributed by atoms with Crippen molar-refractivity contribution in [1.29, 1.82) is 0 Å². The molecule has 0 saturated carbocycles. The van der Waals surface area contributed by atoms with Crippen LogP contribution in [0.4, 0.5) is 0 Å². The van der Waals surface area contributed by atoms with E-state index in [2.05, 4.69) is 24.3 Å². The maximum absolute atomic E-state index is 10.1. The third-order valence-electron chi connectivity index (χ3n) is 2.97. The van der Waals surface area contributed by atoms with E-state index in [4.69, 9.17) is 4.74 Å². The summed E-state index contributed by atoms with van der Waals surface area (Å²) in [6.07, 6.45) is 0.767. The van der Waals surface area contributed by atoms with Gasteiger partial charge in [0.05, 0.1) is 6.61 Å². The van der Waals surface area contributed by atoms with Gasteiger partial charge in [-0.15, -0.1) is 0 Å². The fraction of sp³-hybridized carbons (Fsp3) is 0.188. The van der Waals surface area contributed by atoms with E-state index in [1.165, 1.54) is 17.6 Å². The minimum absolute atomic E-state index is 0.251. The Hall–Kier alpha value is -2.09. The molecule has 2 nitrogen and oxygen atoms in total. The monoisotopic (exact) mass is 239 g/mol. The molecule has 2 aromatic carbocycles. The minimum Gasteiger partial charge on any atom is -0.457 e. The Morgan fingerprint density at radius 3 is 1.83 bits per heavy atom. The third-order valence-corrected chi connectivity index (χ3v) is 2.97. The Morgan fingerprint density at radius 1 is 0.889 bits per heavy atom. The van der Waals surface area contributed by atoms with Crippen molar-refractivity contribution >= 4 is 6.47 Å². The zero-order valence-electron chi connectivity index (χ0n) is 10.1. The van der Waals surface area contributed by atoms with Gasteiger partial charge >= 0.3 is 6.47 Å². The van der Waals surface area contributed by atoms with Gasteiger partial charge in [-0.1, -0.05) is 60.7 Å². The van der Waals surface area contributed by atoms with Gasteiger partial charge in [0, 0.05) is 5.92 Å². The van der Waals surface area contributed by atoms with Gasteiger partial charge in [-0.2, -0.15) is 0 Å². The minimum atomic E-state index is 0.251. The molecular formula is C16H15O2. The summed E-state index contributed by atoms with van der Waals surface area (Å²) in [5.74, 6) is 0.251. The average molecular weight is 239 g/mol. The smallest absolute Gasteiger partial charge is 0.417 e. The van der Waals surface area contributed by atoms with Crippen LogP contribution in [0.15, 0.2) is 60.7 Å². The van der Waals surface area contributed by atoms with E-state index in [1.54, 1.807) is 0 Å². The zero-order chi connectivity index (χ0) is 12.6. The summed E-state index contributed by atoms with van der Waals surface area (Å²) in [5.41, 5.74) is 2.47. The van der Waals surface area contributed by atoms with Crippen LogP contribution < -0.4 is 0 Å². The van der Waals surface area contributed by atoms with E-state index in [1.807, 2.05) is 36.4 Å². The van der Waals surface area contributed by atoms with E-state index >= 15 is 0 Å². The summed E-state index contributed by atoms with van der Waals surface area (Å²) in [4.78, 5) is 10.1. The molecule has 91 valence electrons. The maximum Gasteiger partial charge on any atom is 0.417 e. The molecule has 0 saturated heterocycles. The summed E-state index contributed by atoms with van der Waals surface area (Å²) < 4.78 is 4.70. The standard InChI is InChI=1S/C16H15O2/c17-13-18-12-11-16(14-7-3-1-4-8-14)15-9-5-2-6-10-15/h1-10,16H,11-12H2. The van der Waals surface area contributed by atoms with Gasteiger partial charge in [0.1, 0.15) is 0 Å². The molecule has 0 bridgehead atoms. The molecule has 0 unspecified atom stereocenters. The van der Waals surface area contributed by atoms with Crippen LogP contribution >= 0.6 is 0 Å². The molecule has 2 rings (SSSR count). The van der Waals surface area contributed by atoms with Crippen LogP contribution in [0.3, 0.4) is 0 Å². The molecule has 0 fully saturated rings. The maximum atomic E-state index is 10.1. The topological polar surface area (TPSA) is 26.3 Å². The SMILES string of the molecule is O=[C]OCCC(c1ccccc1)c1ccccc1. The summed E-state index contributed by atoms with van der Waals surface area (Å²) in [6, 6.07) is 20.5. The van der Waals surface area contributed by atoms with Crippen molar-refractivity contribution in [2.75, 3.05) is 6.61 Å². The van der Waals surface area contributed by atoms with E-state index < -0.39 is 0 Å². The second-order valence-corrected chi connectivity index (χ2v) is 4.09. The van der Waals surface area contributed by atoms with Gasteiger partial charge in [-0.3, -0.25) is 0 Å². The third kappa shape index (κ3) is 3.20. The van der Waals surface area contributed by atoms with Crippen molar-refractivity contribution < 1.29 is 9.53 Å². The van der Waals surface area contributed by atoms with Crippen molar-refractivity contribution in [2.45, 2.75) is 12.3 Å². The van der Waals surface area contributed by atoms with Gasteiger partial charge in [0.25, 0.3) is 0 Å². The lowest BCUT2D eigenvalue weighted by Gasteiger charge is -2.17. The number of benzene rings is 2. The lowest BCUT2D eigenvalue weighted by Crippen LogP contribution is -2.05. The van der Waals surface area contributed by atoms with Crippen LogP contribution in [0.1, 0.15) is 23.5 Å². The Bertz CT molecular complexity index is 425. The highest BCUT2D eigenvalue weighted by molar-refractivity contribution is 5.38. The summed E-state index contributed by atoms with van der Waals surface area (Å²) in [5, 5.41) is 0. The number of ether oxygens (including phenoxy) is 1. The largest absolute Gasteiger partial charge is 0.457 e. The molecule has 0 N–H and O–H groups in total. The highest BCUT2D eigenvalue weighted by atomic mass is 16.5. The molecule has 0 atom stereocenters. The van der Waals surface area contributed by atoms with E-state index in [9.17, 15) is 4.79 Å². The lowest BCUT2D eigenvalue weighted by atomic mass is 9.89. The number of hydrogen-bond acceptors (Lipinski definition) is 2. The van der Waals surface area contributed by atoms with Gasteiger partial charge in [0.2, 0.25) is 0 Å². The molecule has 0 aliphatic carbocycles. The first-order chi connectivity index (χ1) is 8.92. The molecule has 1 radical (unpaired) electrons. The summed E-state index contributed by atoms with van der Waals surface area (Å²) in [7, 11) is 0. The molecular weight excluding hydrogens is 224 g/mol. The zero-order valence-corrected chi connectivity index (χ0v) is 10.1. The lowest BCUT2D eigenvalue weighted by molar-refractivity contribution is 0.268. The van der Waals surface area contributed by atoms with Gasteiger partial charge in [0.15, 0.2) is 0 Å². The van der Waals surface area contributed by atoms with Crippen molar-refractivity contribution in [3.63, 3.8) is 0 Å². The Balaban J connectivity index is 2.21. The van der Waals surface area contributed by atoms with E-state index in [0.717, 1.165) is 6.42 Å². The Labute approximate surface area is 107 Å². The molecule has 2 heteroatoms. The predicted molar refractivity (Wildman–Crippen MR) is 71.0 cm³/mol. The van der Waals surface area contributed by atoms with Gasteiger partial charge < -0.3 is 4.74 Å². The Kier molecular flexibility index (Phi) is 4.53. The highest BCUT2D eigenvalue weighted by Gasteiger charge is 2.13. The van der Waals surface area contributed by atoms with Gasteiger partial charge in [-0.05, 0) is 17.5 Å². The molecule has 0 aliphatic heterocycles.